The average Bonchev–Trinajstić information content (AvgIpc) is 3.07. The van der Waals surface area contributed by atoms with Gasteiger partial charge in [0.1, 0.15) is 5.60 Å². The van der Waals surface area contributed by atoms with E-state index in [2.05, 4.69) is 47.5 Å². The second-order valence-electron chi connectivity index (χ2n) is 9.76. The van der Waals surface area contributed by atoms with E-state index in [0.29, 0.717) is 16.7 Å². The largest absolute Gasteiger partial charge is 0.378 e. The third kappa shape index (κ3) is 5.60. The number of carbonyl (C=O) groups excluding carboxylic acids is 1. The van der Waals surface area contributed by atoms with Crippen LogP contribution in [0.15, 0.2) is 29.2 Å². The number of hydrogen-bond acceptors (Lipinski definition) is 3. The molecule has 3 aromatic rings. The predicted molar refractivity (Wildman–Crippen MR) is 137 cm³/mol. The zero-order valence-corrected chi connectivity index (χ0v) is 21.2. The highest BCUT2D eigenvalue weighted by Crippen LogP contribution is 2.29. The topological polar surface area (TPSA) is 87.1 Å². The number of aliphatic hydroxyl groups is 1. The molecule has 6 nitrogen and oxygen atoms in total. The van der Waals surface area contributed by atoms with Gasteiger partial charge in [0.2, 0.25) is 0 Å². The zero-order valence-electron chi connectivity index (χ0n) is 21.2. The fourth-order valence-electron chi connectivity index (χ4n) is 4.23. The van der Waals surface area contributed by atoms with Crippen LogP contribution >= 0.6 is 0 Å². The highest BCUT2D eigenvalue weighted by atomic mass is 16.3. The van der Waals surface area contributed by atoms with E-state index >= 15 is 0 Å². The third-order valence-electron chi connectivity index (χ3n) is 5.74. The van der Waals surface area contributed by atoms with E-state index in [4.69, 9.17) is 0 Å². The third-order valence-corrected chi connectivity index (χ3v) is 5.74. The van der Waals surface area contributed by atoms with Crippen molar-refractivity contribution in [2.45, 2.75) is 79.5 Å². The SMILES string of the molecule is CCCc1cc(C)[nH]c(=O)c1CNC(=O)c1cc(C#CC(C)(C)O)cc2c1c(C)cn2C(C)C. The summed E-state index contributed by atoms with van der Waals surface area (Å²) in [5, 5.41) is 13.9. The summed E-state index contributed by atoms with van der Waals surface area (Å²) in [7, 11) is 0. The van der Waals surface area contributed by atoms with Crippen molar-refractivity contribution in [2.75, 3.05) is 0 Å². The molecule has 0 aliphatic carbocycles. The summed E-state index contributed by atoms with van der Waals surface area (Å²) in [4.78, 5) is 28.9. The minimum Gasteiger partial charge on any atom is -0.378 e. The van der Waals surface area contributed by atoms with E-state index in [9.17, 15) is 14.7 Å². The lowest BCUT2D eigenvalue weighted by Gasteiger charge is -2.13. The lowest BCUT2D eigenvalue weighted by molar-refractivity contribution is 0.0952. The highest BCUT2D eigenvalue weighted by Gasteiger charge is 2.19. The van der Waals surface area contributed by atoms with Gasteiger partial charge in [-0.1, -0.05) is 25.2 Å². The van der Waals surface area contributed by atoms with Crippen LogP contribution in [-0.4, -0.2) is 26.2 Å². The number of benzene rings is 1. The van der Waals surface area contributed by atoms with Gasteiger partial charge in [0.15, 0.2) is 0 Å². The van der Waals surface area contributed by atoms with Gasteiger partial charge in [0, 0.05) is 41.0 Å². The molecule has 0 bridgehead atoms. The molecule has 1 amide bonds. The molecule has 180 valence electrons. The van der Waals surface area contributed by atoms with Crippen LogP contribution in [-0.2, 0) is 13.0 Å². The lowest BCUT2D eigenvalue weighted by Crippen LogP contribution is -2.28. The number of nitrogens with one attached hydrogen (secondary N) is 2. The van der Waals surface area contributed by atoms with Crippen molar-refractivity contribution in [1.82, 2.24) is 14.9 Å². The summed E-state index contributed by atoms with van der Waals surface area (Å²) >= 11 is 0. The maximum atomic E-state index is 13.4. The summed E-state index contributed by atoms with van der Waals surface area (Å²) in [6.45, 7) is 13.5. The number of carbonyl (C=O) groups is 1. The van der Waals surface area contributed by atoms with Crippen LogP contribution in [0.1, 0.15) is 85.4 Å². The normalized spacial score (nSPS) is 11.6. The molecular weight excluding hydrogens is 426 g/mol. The molecule has 0 atom stereocenters. The van der Waals surface area contributed by atoms with E-state index in [1.54, 1.807) is 19.9 Å². The number of pyridine rings is 1. The second-order valence-corrected chi connectivity index (χ2v) is 9.76. The summed E-state index contributed by atoms with van der Waals surface area (Å²) in [6, 6.07) is 5.90. The Kier molecular flexibility index (Phi) is 7.38. The van der Waals surface area contributed by atoms with E-state index < -0.39 is 5.60 Å². The first kappa shape index (κ1) is 25.3. The van der Waals surface area contributed by atoms with Crippen LogP contribution in [0.25, 0.3) is 10.9 Å². The van der Waals surface area contributed by atoms with Gasteiger partial charge >= 0.3 is 0 Å². The number of aryl methyl sites for hydroxylation is 3. The number of aromatic nitrogens is 2. The van der Waals surface area contributed by atoms with Gasteiger partial charge in [0.05, 0.1) is 11.1 Å². The molecule has 0 radical (unpaired) electrons. The summed E-state index contributed by atoms with van der Waals surface area (Å²) in [5.74, 6) is 5.59. The summed E-state index contributed by atoms with van der Waals surface area (Å²) in [5.41, 5.74) is 4.13. The van der Waals surface area contributed by atoms with Crippen molar-refractivity contribution in [1.29, 1.82) is 0 Å². The number of amides is 1. The zero-order chi connectivity index (χ0) is 25.2. The number of rotatable bonds is 6. The molecule has 34 heavy (non-hydrogen) atoms. The van der Waals surface area contributed by atoms with E-state index in [1.165, 1.54) is 0 Å². The first-order valence-electron chi connectivity index (χ1n) is 11.8. The fraction of sp³-hybridized carbons (Fsp3) is 0.429. The van der Waals surface area contributed by atoms with Gasteiger partial charge in [-0.15, -0.1) is 0 Å². The van der Waals surface area contributed by atoms with Crippen molar-refractivity contribution in [3.8, 4) is 11.8 Å². The first-order chi connectivity index (χ1) is 15.9. The Labute approximate surface area is 201 Å². The minimum absolute atomic E-state index is 0.148. The molecule has 0 unspecified atom stereocenters. The Morgan fingerprint density at radius 2 is 1.94 bits per heavy atom. The molecule has 2 heterocycles. The van der Waals surface area contributed by atoms with Gasteiger partial charge in [-0.3, -0.25) is 9.59 Å². The fourth-order valence-corrected chi connectivity index (χ4v) is 4.23. The molecule has 1 aromatic carbocycles. The Bertz CT molecular complexity index is 1340. The smallest absolute Gasteiger partial charge is 0.253 e. The second kappa shape index (κ2) is 9.90. The molecule has 0 aliphatic heterocycles. The standard InChI is InChI=1S/C28H35N3O3/c1-8-9-21-12-19(5)30-27(33)23(21)15-29-26(32)22-13-20(10-11-28(6,7)34)14-24-25(22)18(4)16-31(24)17(2)3/h12-14,16-17,34H,8-9,15H2,1-7H3,(H,29,32)(H,30,33). The number of aromatic amines is 1. The number of H-pyrrole nitrogens is 1. The molecule has 0 aliphatic rings. The Morgan fingerprint density at radius 3 is 2.56 bits per heavy atom. The van der Waals surface area contributed by atoms with Gasteiger partial charge < -0.3 is 20.0 Å². The van der Waals surface area contributed by atoms with Crippen molar-refractivity contribution in [3.63, 3.8) is 0 Å². The van der Waals surface area contributed by atoms with Crippen LogP contribution in [0.3, 0.4) is 0 Å². The molecule has 3 N–H and O–H groups in total. The highest BCUT2D eigenvalue weighted by molar-refractivity contribution is 6.08. The van der Waals surface area contributed by atoms with Gasteiger partial charge in [-0.2, -0.15) is 0 Å². The number of fused-ring (bicyclic) bond motifs is 1. The van der Waals surface area contributed by atoms with Crippen LogP contribution in [0.5, 0.6) is 0 Å². The van der Waals surface area contributed by atoms with Crippen LogP contribution < -0.4 is 10.9 Å². The predicted octanol–water partition coefficient (Wildman–Crippen LogP) is 4.53. The van der Waals surface area contributed by atoms with Crippen molar-refractivity contribution in [3.05, 3.63) is 68.3 Å². The van der Waals surface area contributed by atoms with Crippen LogP contribution in [0.2, 0.25) is 0 Å². The maximum absolute atomic E-state index is 13.4. The van der Waals surface area contributed by atoms with Crippen molar-refractivity contribution < 1.29 is 9.90 Å². The molecule has 6 heteroatoms. The Balaban J connectivity index is 2.07. The molecule has 2 aromatic heterocycles. The van der Waals surface area contributed by atoms with Gasteiger partial charge in [-0.05, 0) is 77.3 Å². The molecule has 0 fully saturated rings. The summed E-state index contributed by atoms with van der Waals surface area (Å²) in [6.07, 6.45) is 3.73. The molecular formula is C28H35N3O3. The van der Waals surface area contributed by atoms with Crippen LogP contribution in [0.4, 0.5) is 0 Å². The number of hydrogen-bond donors (Lipinski definition) is 3. The number of nitrogens with zero attached hydrogens (tertiary/aromatic N) is 1. The van der Waals surface area contributed by atoms with Crippen molar-refractivity contribution in [2.24, 2.45) is 0 Å². The van der Waals surface area contributed by atoms with Crippen molar-refractivity contribution >= 4 is 16.8 Å². The van der Waals surface area contributed by atoms with Crippen LogP contribution in [0, 0.1) is 25.7 Å². The average molecular weight is 462 g/mol. The summed E-state index contributed by atoms with van der Waals surface area (Å²) < 4.78 is 2.13. The van der Waals surface area contributed by atoms with E-state index in [1.807, 2.05) is 32.2 Å². The molecule has 3 rings (SSSR count). The van der Waals surface area contributed by atoms with Gasteiger partial charge in [-0.25, -0.2) is 0 Å². The Morgan fingerprint density at radius 1 is 1.24 bits per heavy atom. The molecule has 0 saturated carbocycles. The Hall–Kier alpha value is -3.30. The first-order valence-corrected chi connectivity index (χ1v) is 11.8. The molecule has 0 saturated heterocycles. The molecule has 0 spiro atoms. The maximum Gasteiger partial charge on any atom is 0.253 e. The quantitative estimate of drug-likeness (QED) is 0.471. The lowest BCUT2D eigenvalue weighted by atomic mass is 10.0. The van der Waals surface area contributed by atoms with E-state index in [0.717, 1.165) is 40.6 Å². The van der Waals surface area contributed by atoms with Gasteiger partial charge in [0.25, 0.3) is 11.5 Å². The monoisotopic (exact) mass is 461 g/mol. The van der Waals surface area contributed by atoms with E-state index in [-0.39, 0.29) is 24.1 Å². The minimum atomic E-state index is -1.14.